The minimum atomic E-state index is -1.000. The summed E-state index contributed by atoms with van der Waals surface area (Å²) in [5.74, 6) is -0.297. The SMILES string of the molecule is O=C(O)c1ccc(C(=O)N2CCC[C@H]2c2nc3ccccc3[nH]2)cc1. The Morgan fingerprint density at radius 2 is 1.80 bits per heavy atom. The average Bonchev–Trinajstić information content (AvgIpc) is 3.27. The molecule has 1 aliphatic rings. The molecule has 4 rings (SSSR count). The second kappa shape index (κ2) is 6.05. The molecule has 1 aromatic heterocycles. The molecule has 0 unspecified atom stereocenters. The van der Waals surface area contributed by atoms with Crippen molar-refractivity contribution < 1.29 is 14.7 Å². The number of fused-ring (bicyclic) bond motifs is 1. The van der Waals surface area contributed by atoms with Crippen molar-refractivity contribution in [2.45, 2.75) is 18.9 Å². The van der Waals surface area contributed by atoms with Gasteiger partial charge in [-0.3, -0.25) is 4.79 Å². The molecule has 1 saturated heterocycles. The van der Waals surface area contributed by atoms with Crippen molar-refractivity contribution in [3.63, 3.8) is 0 Å². The number of nitrogens with zero attached hydrogens (tertiary/aromatic N) is 2. The molecule has 1 amide bonds. The number of hydrogen-bond donors (Lipinski definition) is 2. The van der Waals surface area contributed by atoms with Crippen molar-refractivity contribution in [1.82, 2.24) is 14.9 Å². The number of carboxylic acids is 1. The lowest BCUT2D eigenvalue weighted by Gasteiger charge is -2.23. The minimum absolute atomic E-state index is 0.0842. The number of aromatic nitrogens is 2. The number of amides is 1. The molecule has 3 aromatic rings. The number of nitrogens with one attached hydrogen (secondary N) is 1. The number of carboxylic acid groups (broad SMARTS) is 1. The van der Waals surface area contributed by atoms with Crippen molar-refractivity contribution in [2.75, 3.05) is 6.54 Å². The monoisotopic (exact) mass is 335 g/mol. The molecule has 126 valence electrons. The van der Waals surface area contributed by atoms with E-state index in [4.69, 9.17) is 5.11 Å². The molecular formula is C19H17N3O3. The van der Waals surface area contributed by atoms with Gasteiger partial charge in [0, 0.05) is 12.1 Å². The number of rotatable bonds is 3. The maximum absolute atomic E-state index is 12.9. The van der Waals surface area contributed by atoms with Gasteiger partial charge in [0.25, 0.3) is 5.91 Å². The average molecular weight is 335 g/mol. The van der Waals surface area contributed by atoms with Crippen molar-refractivity contribution in [1.29, 1.82) is 0 Å². The molecule has 2 aromatic carbocycles. The van der Waals surface area contributed by atoms with Gasteiger partial charge in [0.05, 0.1) is 22.6 Å². The highest BCUT2D eigenvalue weighted by molar-refractivity contribution is 5.96. The number of H-pyrrole nitrogens is 1. The van der Waals surface area contributed by atoms with E-state index in [2.05, 4.69) is 9.97 Å². The molecule has 6 heteroatoms. The number of carbonyl (C=O) groups excluding carboxylic acids is 1. The highest BCUT2D eigenvalue weighted by atomic mass is 16.4. The van der Waals surface area contributed by atoms with Crippen LogP contribution in [0.2, 0.25) is 0 Å². The highest BCUT2D eigenvalue weighted by Crippen LogP contribution is 2.32. The summed E-state index contributed by atoms with van der Waals surface area (Å²) in [6.45, 7) is 0.668. The Morgan fingerprint density at radius 3 is 2.52 bits per heavy atom. The van der Waals surface area contributed by atoms with Gasteiger partial charge in [-0.2, -0.15) is 0 Å². The number of carbonyl (C=O) groups is 2. The van der Waals surface area contributed by atoms with Gasteiger partial charge in [-0.05, 0) is 49.2 Å². The zero-order valence-corrected chi connectivity index (χ0v) is 13.5. The van der Waals surface area contributed by atoms with Crippen LogP contribution in [0.15, 0.2) is 48.5 Å². The summed E-state index contributed by atoms with van der Waals surface area (Å²) in [5, 5.41) is 8.98. The fourth-order valence-electron chi connectivity index (χ4n) is 3.35. The first-order chi connectivity index (χ1) is 12.1. The van der Waals surface area contributed by atoms with Crippen LogP contribution in [0.25, 0.3) is 11.0 Å². The van der Waals surface area contributed by atoms with Crippen molar-refractivity contribution >= 4 is 22.9 Å². The standard InChI is InChI=1S/C19H17N3O3/c23-18(12-7-9-13(10-8-12)19(24)25)22-11-3-6-16(22)17-20-14-4-1-2-5-15(14)21-17/h1-2,4-5,7-10,16H,3,6,11H2,(H,20,21)(H,24,25)/t16-/m0/s1. The first-order valence-electron chi connectivity index (χ1n) is 8.22. The first kappa shape index (κ1) is 15.4. The van der Waals surface area contributed by atoms with Crippen LogP contribution in [0.3, 0.4) is 0 Å². The molecule has 6 nitrogen and oxygen atoms in total. The number of imidazole rings is 1. The molecule has 2 heterocycles. The minimum Gasteiger partial charge on any atom is -0.478 e. The van der Waals surface area contributed by atoms with Gasteiger partial charge in [-0.1, -0.05) is 12.1 Å². The van der Waals surface area contributed by atoms with Gasteiger partial charge in [0.15, 0.2) is 0 Å². The van der Waals surface area contributed by atoms with Crippen LogP contribution in [0, 0.1) is 0 Å². The van der Waals surface area contributed by atoms with Gasteiger partial charge >= 0.3 is 5.97 Å². The smallest absolute Gasteiger partial charge is 0.335 e. The van der Waals surface area contributed by atoms with Crippen LogP contribution in [0.1, 0.15) is 45.4 Å². The molecule has 1 fully saturated rings. The Bertz CT molecular complexity index is 913. The van der Waals surface area contributed by atoms with E-state index in [1.165, 1.54) is 12.1 Å². The quantitative estimate of drug-likeness (QED) is 0.769. The van der Waals surface area contributed by atoms with E-state index in [1.54, 1.807) is 12.1 Å². The number of benzene rings is 2. The van der Waals surface area contributed by atoms with Crippen LogP contribution in [0.5, 0.6) is 0 Å². The molecule has 0 saturated carbocycles. The summed E-state index contributed by atoms with van der Waals surface area (Å²) in [6, 6.07) is 13.8. The van der Waals surface area contributed by atoms with E-state index < -0.39 is 5.97 Å². The van der Waals surface area contributed by atoms with E-state index in [1.807, 2.05) is 29.2 Å². The van der Waals surface area contributed by atoms with E-state index in [0.29, 0.717) is 12.1 Å². The van der Waals surface area contributed by atoms with Gasteiger partial charge in [0.1, 0.15) is 5.82 Å². The predicted octanol–water partition coefficient (Wildman–Crippen LogP) is 3.24. The molecule has 2 N–H and O–H groups in total. The Hall–Kier alpha value is -3.15. The van der Waals surface area contributed by atoms with Crippen LogP contribution < -0.4 is 0 Å². The third kappa shape index (κ3) is 2.76. The van der Waals surface area contributed by atoms with Crippen molar-refractivity contribution in [3.8, 4) is 0 Å². The van der Waals surface area contributed by atoms with Crippen molar-refractivity contribution in [3.05, 3.63) is 65.5 Å². The van der Waals surface area contributed by atoms with Gasteiger partial charge in [0.2, 0.25) is 0 Å². The zero-order chi connectivity index (χ0) is 17.4. The molecule has 25 heavy (non-hydrogen) atoms. The van der Waals surface area contributed by atoms with Gasteiger partial charge in [-0.15, -0.1) is 0 Å². The van der Waals surface area contributed by atoms with E-state index in [9.17, 15) is 9.59 Å². The summed E-state index contributed by atoms with van der Waals surface area (Å²) < 4.78 is 0. The van der Waals surface area contributed by atoms with Crippen molar-refractivity contribution in [2.24, 2.45) is 0 Å². The Balaban J connectivity index is 1.62. The Labute approximate surface area is 144 Å². The fourth-order valence-corrected chi connectivity index (χ4v) is 3.35. The molecule has 0 aliphatic carbocycles. The maximum Gasteiger partial charge on any atom is 0.335 e. The summed E-state index contributed by atoms with van der Waals surface area (Å²) in [6.07, 6.45) is 1.78. The zero-order valence-electron chi connectivity index (χ0n) is 13.5. The maximum atomic E-state index is 12.9. The molecule has 1 atom stereocenters. The summed E-state index contributed by atoms with van der Waals surface area (Å²) in [5.41, 5.74) is 2.52. The summed E-state index contributed by atoms with van der Waals surface area (Å²) in [7, 11) is 0. The number of aromatic amines is 1. The first-order valence-corrected chi connectivity index (χ1v) is 8.22. The highest BCUT2D eigenvalue weighted by Gasteiger charge is 2.32. The number of para-hydroxylation sites is 2. The fraction of sp³-hybridized carbons (Fsp3) is 0.211. The van der Waals surface area contributed by atoms with Gasteiger partial charge < -0.3 is 15.0 Å². The lowest BCUT2D eigenvalue weighted by Crippen LogP contribution is -2.31. The third-order valence-electron chi connectivity index (χ3n) is 4.62. The molecule has 0 radical (unpaired) electrons. The molecule has 0 spiro atoms. The molecular weight excluding hydrogens is 318 g/mol. The van der Waals surface area contributed by atoms with Crippen LogP contribution >= 0.6 is 0 Å². The summed E-state index contributed by atoms with van der Waals surface area (Å²) >= 11 is 0. The van der Waals surface area contributed by atoms with Crippen LogP contribution in [-0.4, -0.2) is 38.4 Å². The largest absolute Gasteiger partial charge is 0.478 e. The van der Waals surface area contributed by atoms with E-state index in [-0.39, 0.29) is 17.5 Å². The summed E-state index contributed by atoms with van der Waals surface area (Å²) in [4.78, 5) is 33.6. The van der Waals surface area contributed by atoms with E-state index >= 15 is 0 Å². The Kier molecular flexibility index (Phi) is 3.72. The Morgan fingerprint density at radius 1 is 1.08 bits per heavy atom. The molecule has 1 aliphatic heterocycles. The lowest BCUT2D eigenvalue weighted by molar-refractivity contribution is 0.0692. The predicted molar refractivity (Wildman–Crippen MR) is 92.5 cm³/mol. The third-order valence-corrected chi connectivity index (χ3v) is 4.62. The van der Waals surface area contributed by atoms with Gasteiger partial charge in [-0.25, -0.2) is 9.78 Å². The van der Waals surface area contributed by atoms with Crippen LogP contribution in [0.4, 0.5) is 0 Å². The number of aromatic carboxylic acids is 1. The lowest BCUT2D eigenvalue weighted by atomic mass is 10.1. The second-order valence-electron chi connectivity index (χ2n) is 6.18. The van der Waals surface area contributed by atoms with Crippen LogP contribution in [-0.2, 0) is 0 Å². The number of likely N-dealkylation sites (tertiary alicyclic amines) is 1. The number of hydrogen-bond acceptors (Lipinski definition) is 3. The topological polar surface area (TPSA) is 86.3 Å². The van der Waals surface area contributed by atoms with E-state index in [0.717, 1.165) is 29.7 Å². The molecule has 0 bridgehead atoms. The normalized spacial score (nSPS) is 17.1. The second-order valence-corrected chi connectivity index (χ2v) is 6.18.